The molecule has 3 aromatic rings. The fourth-order valence-corrected chi connectivity index (χ4v) is 2.69. The average Bonchev–Trinajstić information content (AvgIpc) is 2.90. The maximum Gasteiger partial charge on any atom is 0.258 e. The number of aromatic amines is 1. The van der Waals surface area contributed by atoms with Crippen LogP contribution in [0.5, 0.6) is 0 Å². The Bertz CT molecular complexity index is 1020. The van der Waals surface area contributed by atoms with E-state index in [0.717, 1.165) is 11.3 Å². The van der Waals surface area contributed by atoms with Crippen molar-refractivity contribution in [2.45, 2.75) is 34.1 Å². The van der Waals surface area contributed by atoms with Crippen LogP contribution in [0.2, 0.25) is 0 Å². The van der Waals surface area contributed by atoms with Crippen LogP contribution in [0.3, 0.4) is 0 Å². The standard InChI is InChI=1S/C18H20N6O2/c1-5-14-12(4)20-18(22-17(14)26)24-15(10(2)11(3)23-24)21-16(25)13-7-6-8-19-9-13/h6-9H,5H2,1-4H3,(H,21,25)(H,20,22,26). The Morgan fingerprint density at radius 2 is 2.04 bits per heavy atom. The number of carbonyl (C=O) groups is 1. The van der Waals surface area contributed by atoms with E-state index in [1.54, 1.807) is 25.3 Å². The first-order valence-electron chi connectivity index (χ1n) is 8.30. The molecule has 0 aliphatic carbocycles. The summed E-state index contributed by atoms with van der Waals surface area (Å²) in [7, 11) is 0. The molecule has 0 aliphatic rings. The quantitative estimate of drug-likeness (QED) is 0.748. The van der Waals surface area contributed by atoms with E-state index in [-0.39, 0.29) is 17.4 Å². The first kappa shape index (κ1) is 17.5. The molecule has 8 nitrogen and oxygen atoms in total. The van der Waals surface area contributed by atoms with Gasteiger partial charge in [0.05, 0.1) is 11.3 Å². The van der Waals surface area contributed by atoms with Gasteiger partial charge in [0.2, 0.25) is 5.95 Å². The number of hydrogen-bond acceptors (Lipinski definition) is 5. The highest BCUT2D eigenvalue weighted by molar-refractivity contribution is 6.04. The normalized spacial score (nSPS) is 10.8. The summed E-state index contributed by atoms with van der Waals surface area (Å²) in [6.45, 7) is 7.37. The van der Waals surface area contributed by atoms with Gasteiger partial charge in [0.25, 0.3) is 11.5 Å². The van der Waals surface area contributed by atoms with Crippen LogP contribution < -0.4 is 10.9 Å². The Kier molecular flexibility index (Phi) is 4.66. The van der Waals surface area contributed by atoms with Crippen molar-refractivity contribution in [1.82, 2.24) is 24.7 Å². The molecule has 0 aromatic carbocycles. The van der Waals surface area contributed by atoms with Crippen molar-refractivity contribution in [1.29, 1.82) is 0 Å². The van der Waals surface area contributed by atoms with Crippen LogP contribution in [0.4, 0.5) is 5.82 Å². The van der Waals surface area contributed by atoms with Crippen molar-refractivity contribution in [2.24, 2.45) is 0 Å². The molecule has 0 fully saturated rings. The van der Waals surface area contributed by atoms with Crippen molar-refractivity contribution in [3.05, 3.63) is 63.0 Å². The molecular weight excluding hydrogens is 332 g/mol. The highest BCUT2D eigenvalue weighted by Crippen LogP contribution is 2.21. The molecule has 26 heavy (non-hydrogen) atoms. The first-order valence-corrected chi connectivity index (χ1v) is 8.30. The summed E-state index contributed by atoms with van der Waals surface area (Å²) in [5.74, 6) is 0.414. The van der Waals surface area contributed by atoms with Crippen LogP contribution >= 0.6 is 0 Å². The van der Waals surface area contributed by atoms with E-state index in [4.69, 9.17) is 0 Å². The summed E-state index contributed by atoms with van der Waals surface area (Å²) in [5.41, 5.74) is 3.02. The predicted molar refractivity (Wildman–Crippen MR) is 97.8 cm³/mol. The number of carbonyl (C=O) groups excluding carboxylic acids is 1. The maximum absolute atomic E-state index is 12.5. The Hall–Kier alpha value is -3.29. The molecular formula is C18H20N6O2. The van der Waals surface area contributed by atoms with Crippen LogP contribution in [0.25, 0.3) is 5.95 Å². The smallest absolute Gasteiger partial charge is 0.258 e. The zero-order chi connectivity index (χ0) is 18.8. The van der Waals surface area contributed by atoms with Gasteiger partial charge in [-0.2, -0.15) is 9.78 Å². The Labute approximate surface area is 150 Å². The van der Waals surface area contributed by atoms with E-state index < -0.39 is 0 Å². The molecule has 0 aliphatic heterocycles. The molecule has 0 spiro atoms. The third-order valence-corrected chi connectivity index (χ3v) is 4.28. The Morgan fingerprint density at radius 1 is 1.27 bits per heavy atom. The number of aromatic nitrogens is 5. The van der Waals surface area contributed by atoms with Crippen molar-refractivity contribution in [2.75, 3.05) is 5.32 Å². The van der Waals surface area contributed by atoms with Gasteiger partial charge in [-0.25, -0.2) is 4.98 Å². The van der Waals surface area contributed by atoms with Gasteiger partial charge in [0, 0.05) is 29.2 Å². The van der Waals surface area contributed by atoms with Crippen molar-refractivity contribution >= 4 is 11.7 Å². The number of hydrogen-bond donors (Lipinski definition) is 2. The second-order valence-corrected chi connectivity index (χ2v) is 5.97. The highest BCUT2D eigenvalue weighted by atomic mass is 16.2. The number of amides is 1. The second kappa shape index (κ2) is 6.91. The van der Waals surface area contributed by atoms with Gasteiger partial charge in [-0.05, 0) is 39.3 Å². The number of H-pyrrole nitrogens is 1. The van der Waals surface area contributed by atoms with E-state index in [2.05, 4.69) is 25.4 Å². The summed E-state index contributed by atoms with van der Waals surface area (Å²) < 4.78 is 1.45. The Balaban J connectivity index is 2.06. The third kappa shape index (κ3) is 3.13. The number of nitrogens with one attached hydrogen (secondary N) is 2. The summed E-state index contributed by atoms with van der Waals surface area (Å²) in [6.07, 6.45) is 3.68. The van der Waals surface area contributed by atoms with Crippen LogP contribution in [0.1, 0.15) is 39.8 Å². The summed E-state index contributed by atoms with van der Waals surface area (Å²) >= 11 is 0. The summed E-state index contributed by atoms with van der Waals surface area (Å²) in [6, 6.07) is 3.36. The number of anilines is 1. The van der Waals surface area contributed by atoms with Crippen molar-refractivity contribution in [3.8, 4) is 5.95 Å². The molecule has 3 heterocycles. The minimum absolute atomic E-state index is 0.203. The Morgan fingerprint density at radius 3 is 2.65 bits per heavy atom. The molecule has 0 saturated heterocycles. The third-order valence-electron chi connectivity index (χ3n) is 4.28. The lowest BCUT2D eigenvalue weighted by atomic mass is 10.2. The van der Waals surface area contributed by atoms with E-state index >= 15 is 0 Å². The maximum atomic E-state index is 12.5. The number of rotatable bonds is 4. The fourth-order valence-electron chi connectivity index (χ4n) is 2.69. The van der Waals surface area contributed by atoms with Crippen molar-refractivity contribution in [3.63, 3.8) is 0 Å². The lowest BCUT2D eigenvalue weighted by molar-refractivity contribution is 0.102. The van der Waals surface area contributed by atoms with Gasteiger partial charge < -0.3 is 5.32 Å². The highest BCUT2D eigenvalue weighted by Gasteiger charge is 2.19. The zero-order valence-electron chi connectivity index (χ0n) is 15.1. The van der Waals surface area contributed by atoms with Crippen molar-refractivity contribution < 1.29 is 4.79 Å². The number of aryl methyl sites for hydroxylation is 2. The minimum atomic E-state index is -0.313. The lowest BCUT2D eigenvalue weighted by Crippen LogP contribution is -2.22. The molecule has 8 heteroatoms. The minimum Gasteiger partial charge on any atom is -0.306 e. The van der Waals surface area contributed by atoms with Crippen LogP contribution in [-0.4, -0.2) is 30.6 Å². The van der Waals surface area contributed by atoms with E-state index in [0.29, 0.717) is 29.1 Å². The number of nitrogens with zero attached hydrogens (tertiary/aromatic N) is 4. The number of pyridine rings is 1. The summed E-state index contributed by atoms with van der Waals surface area (Å²) in [4.78, 5) is 35.9. The van der Waals surface area contributed by atoms with Gasteiger partial charge in [-0.15, -0.1) is 0 Å². The van der Waals surface area contributed by atoms with Gasteiger partial charge in [0.15, 0.2) is 0 Å². The largest absolute Gasteiger partial charge is 0.306 e. The van der Waals surface area contributed by atoms with Gasteiger partial charge in [-0.3, -0.25) is 19.6 Å². The molecule has 2 N–H and O–H groups in total. The topological polar surface area (TPSA) is 106 Å². The van der Waals surface area contributed by atoms with Crippen LogP contribution in [0, 0.1) is 20.8 Å². The average molecular weight is 352 g/mol. The molecule has 134 valence electrons. The lowest BCUT2D eigenvalue weighted by Gasteiger charge is -2.10. The van der Waals surface area contributed by atoms with Gasteiger partial charge >= 0.3 is 0 Å². The monoisotopic (exact) mass is 352 g/mol. The molecule has 0 bridgehead atoms. The SMILES string of the molecule is CCc1c(C)nc(-n2nc(C)c(C)c2NC(=O)c2cccnc2)[nH]c1=O. The van der Waals surface area contributed by atoms with E-state index in [9.17, 15) is 9.59 Å². The molecule has 0 radical (unpaired) electrons. The molecule has 1 amide bonds. The molecule has 0 saturated carbocycles. The van der Waals surface area contributed by atoms with Gasteiger partial charge in [-0.1, -0.05) is 6.92 Å². The molecule has 3 aromatic heterocycles. The molecule has 3 rings (SSSR count). The van der Waals surface area contributed by atoms with E-state index in [1.165, 1.54) is 10.9 Å². The van der Waals surface area contributed by atoms with Crippen LogP contribution in [0.15, 0.2) is 29.3 Å². The van der Waals surface area contributed by atoms with E-state index in [1.807, 2.05) is 20.8 Å². The molecule has 0 atom stereocenters. The first-order chi connectivity index (χ1) is 12.4. The second-order valence-electron chi connectivity index (χ2n) is 5.97. The fraction of sp³-hybridized carbons (Fsp3) is 0.278. The zero-order valence-corrected chi connectivity index (χ0v) is 15.1. The van der Waals surface area contributed by atoms with Crippen LogP contribution in [-0.2, 0) is 6.42 Å². The van der Waals surface area contributed by atoms with Gasteiger partial charge in [0.1, 0.15) is 5.82 Å². The molecule has 0 unspecified atom stereocenters. The predicted octanol–water partition coefficient (Wildman–Crippen LogP) is 2.09. The summed E-state index contributed by atoms with van der Waals surface area (Å²) in [5, 5.41) is 7.26.